The highest BCUT2D eigenvalue weighted by Gasteiger charge is 2.29. The summed E-state index contributed by atoms with van der Waals surface area (Å²) in [6.07, 6.45) is 7.42. The Balaban J connectivity index is 1.56. The first kappa shape index (κ1) is 23.6. The van der Waals surface area contributed by atoms with Gasteiger partial charge in [0.05, 0.1) is 6.04 Å². The van der Waals surface area contributed by atoms with E-state index in [4.69, 9.17) is 0 Å². The van der Waals surface area contributed by atoms with Crippen LogP contribution < -0.4 is 5.32 Å². The Bertz CT molecular complexity index is 840. The van der Waals surface area contributed by atoms with E-state index in [1.807, 2.05) is 23.9 Å². The molecule has 1 saturated heterocycles. The van der Waals surface area contributed by atoms with Gasteiger partial charge in [-0.3, -0.25) is 14.6 Å². The molecule has 166 valence electrons. The van der Waals surface area contributed by atoms with Gasteiger partial charge >= 0.3 is 0 Å². The highest BCUT2D eigenvalue weighted by molar-refractivity contribution is 7.98. The van der Waals surface area contributed by atoms with Crippen LogP contribution in [0.4, 0.5) is 5.69 Å². The van der Waals surface area contributed by atoms with Gasteiger partial charge in [-0.15, -0.1) is 0 Å². The first-order valence-electron chi connectivity index (χ1n) is 11.1. The van der Waals surface area contributed by atoms with Gasteiger partial charge < -0.3 is 5.32 Å². The molecule has 1 fully saturated rings. The van der Waals surface area contributed by atoms with Crippen LogP contribution in [-0.4, -0.2) is 66.5 Å². The second kappa shape index (κ2) is 12.1. The van der Waals surface area contributed by atoms with Crippen LogP contribution in [0, 0.1) is 13.8 Å². The van der Waals surface area contributed by atoms with E-state index in [-0.39, 0.29) is 11.9 Å². The first-order valence-corrected chi connectivity index (χ1v) is 12.5. The minimum absolute atomic E-state index is 0.0755. The van der Waals surface area contributed by atoms with E-state index in [0.29, 0.717) is 0 Å². The molecule has 1 aliphatic rings. The molecule has 0 radical (unpaired) electrons. The van der Waals surface area contributed by atoms with Crippen molar-refractivity contribution in [1.29, 1.82) is 0 Å². The fourth-order valence-electron chi connectivity index (χ4n) is 4.09. The zero-order chi connectivity index (χ0) is 22.1. The number of carbonyl (C=O) groups excluding carboxylic acids is 1. The number of para-hydroxylation sites is 1. The lowest BCUT2D eigenvalue weighted by Crippen LogP contribution is -2.54. The number of thioether (sulfide) groups is 1. The van der Waals surface area contributed by atoms with Crippen LogP contribution in [0.1, 0.15) is 23.1 Å². The van der Waals surface area contributed by atoms with Gasteiger partial charge in [0.15, 0.2) is 0 Å². The van der Waals surface area contributed by atoms with Crippen LogP contribution in [-0.2, 0) is 4.79 Å². The van der Waals surface area contributed by atoms with Crippen molar-refractivity contribution in [1.82, 2.24) is 9.80 Å². The van der Waals surface area contributed by atoms with E-state index in [9.17, 15) is 4.79 Å². The maximum absolute atomic E-state index is 13.2. The second-order valence-corrected chi connectivity index (χ2v) is 9.19. The third-order valence-corrected chi connectivity index (χ3v) is 6.59. The summed E-state index contributed by atoms with van der Waals surface area (Å²) in [5.74, 6) is 1.12. The standard InChI is InChI=1S/C26H35N3OS/c1-21-9-7-10-22(2)25(21)27-26(30)24(14-20-31-3)29-18-16-28(17-19-29)15-8-13-23-11-5-4-6-12-23/h4-13,24H,14-20H2,1-3H3,(H,27,30)/b13-8+. The third-order valence-electron chi connectivity index (χ3n) is 5.95. The quantitative estimate of drug-likeness (QED) is 0.617. The number of aryl methyl sites for hydroxylation is 2. The lowest BCUT2D eigenvalue weighted by molar-refractivity contribution is -0.122. The van der Waals surface area contributed by atoms with E-state index in [1.165, 1.54) is 5.56 Å². The molecule has 4 nitrogen and oxygen atoms in total. The molecule has 1 atom stereocenters. The first-order chi connectivity index (χ1) is 15.1. The monoisotopic (exact) mass is 437 g/mol. The van der Waals surface area contributed by atoms with Gasteiger partial charge in [0, 0.05) is 38.4 Å². The maximum Gasteiger partial charge on any atom is 0.241 e. The largest absolute Gasteiger partial charge is 0.324 e. The summed E-state index contributed by atoms with van der Waals surface area (Å²) in [7, 11) is 0. The van der Waals surface area contributed by atoms with E-state index in [1.54, 1.807) is 0 Å². The molecular formula is C26H35N3OS. The van der Waals surface area contributed by atoms with E-state index >= 15 is 0 Å². The lowest BCUT2D eigenvalue weighted by Gasteiger charge is -2.38. The minimum Gasteiger partial charge on any atom is -0.324 e. The summed E-state index contributed by atoms with van der Waals surface area (Å²) in [5.41, 5.74) is 4.44. The molecule has 1 amide bonds. The number of anilines is 1. The molecule has 0 aromatic heterocycles. The van der Waals surface area contributed by atoms with E-state index in [0.717, 1.165) is 61.7 Å². The van der Waals surface area contributed by atoms with Crippen molar-refractivity contribution >= 4 is 29.4 Å². The Labute approximate surface area is 191 Å². The number of nitrogens with one attached hydrogen (secondary N) is 1. The van der Waals surface area contributed by atoms with Gasteiger partial charge in [-0.1, -0.05) is 60.7 Å². The van der Waals surface area contributed by atoms with Crippen LogP contribution in [0.3, 0.4) is 0 Å². The average molecular weight is 438 g/mol. The van der Waals surface area contributed by atoms with E-state index in [2.05, 4.69) is 83.8 Å². The molecule has 0 saturated carbocycles. The number of benzene rings is 2. The van der Waals surface area contributed by atoms with Crippen molar-refractivity contribution in [3.8, 4) is 0 Å². The number of hydrogen-bond donors (Lipinski definition) is 1. The van der Waals surface area contributed by atoms with Gasteiger partial charge in [-0.25, -0.2) is 0 Å². The third kappa shape index (κ3) is 6.96. The summed E-state index contributed by atoms with van der Waals surface area (Å²) in [6.45, 7) is 8.91. The highest BCUT2D eigenvalue weighted by atomic mass is 32.2. The molecule has 3 rings (SSSR count). The molecule has 1 unspecified atom stereocenters. The van der Waals surface area contributed by atoms with Gasteiger partial charge in [0.2, 0.25) is 5.91 Å². The summed E-state index contributed by atoms with van der Waals surface area (Å²) < 4.78 is 0. The average Bonchev–Trinajstić information content (AvgIpc) is 2.78. The lowest BCUT2D eigenvalue weighted by atomic mass is 10.1. The summed E-state index contributed by atoms with van der Waals surface area (Å²) >= 11 is 1.81. The van der Waals surface area contributed by atoms with E-state index < -0.39 is 0 Å². The normalized spacial score (nSPS) is 16.5. The predicted octanol–water partition coefficient (Wildman–Crippen LogP) is 4.69. The Hall–Kier alpha value is -2.08. The summed E-state index contributed by atoms with van der Waals surface area (Å²) in [6, 6.07) is 16.5. The van der Waals surface area contributed by atoms with Crippen LogP contribution in [0.25, 0.3) is 6.08 Å². The molecular weight excluding hydrogens is 402 g/mol. The molecule has 31 heavy (non-hydrogen) atoms. The number of rotatable bonds is 9. The predicted molar refractivity (Wildman–Crippen MR) is 135 cm³/mol. The Morgan fingerprint density at radius 3 is 2.35 bits per heavy atom. The number of piperazine rings is 1. The summed E-state index contributed by atoms with van der Waals surface area (Å²) in [4.78, 5) is 18.1. The molecule has 5 heteroatoms. The van der Waals surface area contributed by atoms with Gasteiger partial charge in [0.25, 0.3) is 0 Å². The molecule has 0 spiro atoms. The molecule has 1 heterocycles. The van der Waals surface area contributed by atoms with Crippen molar-refractivity contribution in [3.05, 3.63) is 71.3 Å². The van der Waals surface area contributed by atoms with Crippen molar-refractivity contribution < 1.29 is 4.79 Å². The topological polar surface area (TPSA) is 35.6 Å². The fourth-order valence-corrected chi connectivity index (χ4v) is 4.55. The number of hydrogen-bond acceptors (Lipinski definition) is 4. The maximum atomic E-state index is 13.2. The zero-order valence-electron chi connectivity index (χ0n) is 19.0. The number of carbonyl (C=O) groups is 1. The number of nitrogens with zero attached hydrogens (tertiary/aromatic N) is 2. The smallest absolute Gasteiger partial charge is 0.241 e. The van der Waals surface area contributed by atoms with Crippen LogP contribution in [0.15, 0.2) is 54.6 Å². The molecule has 0 bridgehead atoms. The SMILES string of the molecule is CSCCC(C(=O)Nc1c(C)cccc1C)N1CCN(C/C=C/c2ccccc2)CC1. The molecule has 0 aliphatic carbocycles. The minimum atomic E-state index is -0.0755. The van der Waals surface area contributed by atoms with Crippen molar-refractivity contribution in [3.63, 3.8) is 0 Å². The van der Waals surface area contributed by atoms with Gasteiger partial charge in [0.1, 0.15) is 0 Å². The van der Waals surface area contributed by atoms with Crippen molar-refractivity contribution in [2.75, 3.05) is 50.0 Å². The van der Waals surface area contributed by atoms with Crippen molar-refractivity contribution in [2.45, 2.75) is 26.3 Å². The summed E-state index contributed by atoms with van der Waals surface area (Å²) in [5, 5.41) is 3.23. The molecule has 2 aromatic carbocycles. The Kier molecular flexibility index (Phi) is 9.19. The van der Waals surface area contributed by atoms with Crippen LogP contribution >= 0.6 is 11.8 Å². The fraction of sp³-hybridized carbons (Fsp3) is 0.423. The van der Waals surface area contributed by atoms with Crippen LogP contribution in [0.5, 0.6) is 0 Å². The number of amides is 1. The molecule has 2 aromatic rings. The van der Waals surface area contributed by atoms with Gasteiger partial charge in [-0.2, -0.15) is 11.8 Å². The van der Waals surface area contributed by atoms with Gasteiger partial charge in [-0.05, 0) is 49.0 Å². The molecule has 1 N–H and O–H groups in total. The molecule has 1 aliphatic heterocycles. The van der Waals surface area contributed by atoms with Crippen LogP contribution in [0.2, 0.25) is 0 Å². The second-order valence-electron chi connectivity index (χ2n) is 8.20. The van der Waals surface area contributed by atoms with Crippen molar-refractivity contribution in [2.24, 2.45) is 0 Å². The Morgan fingerprint density at radius 1 is 1.03 bits per heavy atom. The Morgan fingerprint density at radius 2 is 1.71 bits per heavy atom. The zero-order valence-corrected chi connectivity index (χ0v) is 19.8. The highest BCUT2D eigenvalue weighted by Crippen LogP contribution is 2.21.